The van der Waals surface area contributed by atoms with Crippen LogP contribution in [-0.2, 0) is 6.54 Å². The summed E-state index contributed by atoms with van der Waals surface area (Å²) < 4.78 is 0. The van der Waals surface area contributed by atoms with Crippen LogP contribution in [0.5, 0.6) is 0 Å². The highest BCUT2D eigenvalue weighted by Gasteiger charge is 2.10. The molecule has 0 spiro atoms. The lowest BCUT2D eigenvalue weighted by Crippen LogP contribution is -2.19. The van der Waals surface area contributed by atoms with Crippen molar-refractivity contribution in [3.8, 4) is 0 Å². The molecule has 0 bridgehead atoms. The summed E-state index contributed by atoms with van der Waals surface area (Å²) in [6.45, 7) is 4.99. The van der Waals surface area contributed by atoms with Gasteiger partial charge in [0.25, 0.3) is 0 Å². The minimum atomic E-state index is 0.302. The van der Waals surface area contributed by atoms with Crippen LogP contribution in [-0.4, -0.2) is 29.0 Å². The Morgan fingerprint density at radius 2 is 1.90 bits per heavy atom. The molecule has 2 aromatic rings. The summed E-state index contributed by atoms with van der Waals surface area (Å²) in [6, 6.07) is 5.99. The molecule has 5 nitrogen and oxygen atoms in total. The third kappa shape index (κ3) is 3.44. The van der Waals surface area contributed by atoms with Crippen LogP contribution in [0.2, 0.25) is 0 Å². The number of rotatable bonds is 5. The zero-order valence-corrected chi connectivity index (χ0v) is 12.5. The summed E-state index contributed by atoms with van der Waals surface area (Å²) in [5, 5.41) is 3.09. The van der Waals surface area contributed by atoms with Crippen LogP contribution in [0, 0.1) is 0 Å². The molecule has 0 aliphatic carbocycles. The first-order chi connectivity index (χ1) is 9.60. The van der Waals surface area contributed by atoms with E-state index in [4.69, 9.17) is 0 Å². The highest BCUT2D eigenvalue weighted by Crippen LogP contribution is 2.20. The third-order valence-corrected chi connectivity index (χ3v) is 3.06. The summed E-state index contributed by atoms with van der Waals surface area (Å²) in [5.41, 5.74) is 1.21. The second-order valence-corrected chi connectivity index (χ2v) is 5.09. The van der Waals surface area contributed by atoms with E-state index in [0.29, 0.717) is 5.92 Å². The van der Waals surface area contributed by atoms with Gasteiger partial charge in [0, 0.05) is 45.0 Å². The lowest BCUT2D eigenvalue weighted by Gasteiger charge is -2.20. The van der Waals surface area contributed by atoms with E-state index in [2.05, 4.69) is 39.0 Å². The van der Waals surface area contributed by atoms with Crippen LogP contribution in [0.15, 0.2) is 30.6 Å². The Balaban J connectivity index is 2.24. The number of hydrogen-bond donors (Lipinski definition) is 1. The molecule has 0 saturated carbocycles. The second kappa shape index (κ2) is 6.32. The molecule has 2 heterocycles. The van der Waals surface area contributed by atoms with Crippen LogP contribution >= 0.6 is 0 Å². The van der Waals surface area contributed by atoms with Gasteiger partial charge < -0.3 is 10.2 Å². The number of nitrogens with zero attached hydrogens (tertiary/aromatic N) is 4. The zero-order chi connectivity index (χ0) is 14.5. The first-order valence-corrected chi connectivity index (χ1v) is 6.77. The van der Waals surface area contributed by atoms with E-state index in [1.807, 2.05) is 44.7 Å². The van der Waals surface area contributed by atoms with E-state index in [1.165, 1.54) is 5.56 Å². The number of anilines is 2. The molecule has 20 heavy (non-hydrogen) atoms. The summed E-state index contributed by atoms with van der Waals surface area (Å²) in [6.07, 6.45) is 3.61. The number of nitrogens with one attached hydrogen (secondary N) is 1. The van der Waals surface area contributed by atoms with Crippen molar-refractivity contribution in [1.82, 2.24) is 15.0 Å². The van der Waals surface area contributed by atoms with E-state index in [1.54, 1.807) is 0 Å². The van der Waals surface area contributed by atoms with Crippen molar-refractivity contribution in [2.45, 2.75) is 26.3 Å². The Labute approximate surface area is 120 Å². The Morgan fingerprint density at radius 3 is 2.50 bits per heavy atom. The minimum Gasteiger partial charge on any atom is -0.373 e. The molecule has 0 aliphatic heterocycles. The lowest BCUT2D eigenvalue weighted by atomic mass is 10.2. The fourth-order valence-electron chi connectivity index (χ4n) is 1.88. The van der Waals surface area contributed by atoms with E-state index >= 15 is 0 Å². The van der Waals surface area contributed by atoms with E-state index in [0.717, 1.165) is 24.0 Å². The van der Waals surface area contributed by atoms with Gasteiger partial charge in [-0.3, -0.25) is 4.98 Å². The fraction of sp³-hybridized carbons (Fsp3) is 0.400. The molecular formula is C15H21N5. The minimum absolute atomic E-state index is 0.302. The zero-order valence-electron chi connectivity index (χ0n) is 12.5. The van der Waals surface area contributed by atoms with E-state index in [9.17, 15) is 0 Å². The summed E-state index contributed by atoms with van der Waals surface area (Å²) >= 11 is 0. The largest absolute Gasteiger partial charge is 0.373 e. The van der Waals surface area contributed by atoms with Crippen molar-refractivity contribution in [3.63, 3.8) is 0 Å². The molecule has 0 saturated heterocycles. The monoisotopic (exact) mass is 271 g/mol. The van der Waals surface area contributed by atoms with Crippen molar-refractivity contribution in [2.75, 3.05) is 24.3 Å². The maximum Gasteiger partial charge on any atom is 0.135 e. The van der Waals surface area contributed by atoms with Gasteiger partial charge in [0.15, 0.2) is 0 Å². The van der Waals surface area contributed by atoms with Crippen molar-refractivity contribution < 1.29 is 0 Å². The highest BCUT2D eigenvalue weighted by molar-refractivity contribution is 5.49. The van der Waals surface area contributed by atoms with Gasteiger partial charge in [-0.05, 0) is 17.7 Å². The van der Waals surface area contributed by atoms with E-state index < -0.39 is 0 Å². The molecule has 0 aliphatic rings. The first kappa shape index (κ1) is 14.2. The van der Waals surface area contributed by atoms with E-state index in [-0.39, 0.29) is 0 Å². The predicted molar refractivity (Wildman–Crippen MR) is 82.0 cm³/mol. The molecule has 0 amide bonds. The quantitative estimate of drug-likeness (QED) is 0.906. The fourth-order valence-corrected chi connectivity index (χ4v) is 1.88. The van der Waals surface area contributed by atoms with Gasteiger partial charge in [-0.15, -0.1) is 0 Å². The number of aromatic nitrogens is 3. The Morgan fingerprint density at radius 1 is 1.20 bits per heavy atom. The van der Waals surface area contributed by atoms with Gasteiger partial charge in [0.1, 0.15) is 17.5 Å². The van der Waals surface area contributed by atoms with Crippen molar-refractivity contribution in [1.29, 1.82) is 0 Å². The first-order valence-electron chi connectivity index (χ1n) is 6.77. The molecule has 0 fully saturated rings. The Hall–Kier alpha value is -2.17. The van der Waals surface area contributed by atoms with Crippen molar-refractivity contribution in [3.05, 3.63) is 42.0 Å². The molecular weight excluding hydrogens is 250 g/mol. The second-order valence-electron chi connectivity index (χ2n) is 5.09. The molecule has 2 rings (SSSR count). The average Bonchev–Trinajstić information content (AvgIpc) is 2.47. The van der Waals surface area contributed by atoms with Crippen LogP contribution in [0.25, 0.3) is 0 Å². The maximum atomic E-state index is 4.64. The van der Waals surface area contributed by atoms with Gasteiger partial charge in [-0.2, -0.15) is 0 Å². The molecule has 0 radical (unpaired) electrons. The standard InChI is InChI=1S/C15H21N5/c1-11(2)15-18-13(16-3)9-14(19-15)20(4)10-12-5-7-17-8-6-12/h5-9,11H,10H2,1-4H3,(H,16,18,19). The molecule has 0 aromatic carbocycles. The summed E-state index contributed by atoms with van der Waals surface area (Å²) in [5.74, 6) is 2.93. The van der Waals surface area contributed by atoms with Crippen molar-refractivity contribution >= 4 is 11.6 Å². The van der Waals surface area contributed by atoms with Crippen LogP contribution in [0.4, 0.5) is 11.6 Å². The van der Waals surface area contributed by atoms with Crippen LogP contribution in [0.1, 0.15) is 31.2 Å². The molecule has 0 atom stereocenters. The van der Waals surface area contributed by atoms with Crippen molar-refractivity contribution in [2.24, 2.45) is 0 Å². The van der Waals surface area contributed by atoms with Gasteiger partial charge >= 0.3 is 0 Å². The molecule has 106 valence electrons. The molecule has 2 aromatic heterocycles. The topological polar surface area (TPSA) is 53.9 Å². The van der Waals surface area contributed by atoms with Gasteiger partial charge in [-0.25, -0.2) is 9.97 Å². The molecule has 5 heteroatoms. The summed E-state index contributed by atoms with van der Waals surface area (Å²) in [7, 11) is 3.91. The molecule has 1 N–H and O–H groups in total. The Bertz CT molecular complexity index is 553. The highest BCUT2D eigenvalue weighted by atomic mass is 15.2. The van der Waals surface area contributed by atoms with Crippen LogP contribution < -0.4 is 10.2 Å². The smallest absolute Gasteiger partial charge is 0.135 e. The van der Waals surface area contributed by atoms with Gasteiger partial charge in [0.05, 0.1) is 0 Å². The SMILES string of the molecule is CNc1cc(N(C)Cc2ccncc2)nc(C(C)C)n1. The third-order valence-electron chi connectivity index (χ3n) is 3.06. The van der Waals surface area contributed by atoms with Gasteiger partial charge in [0.2, 0.25) is 0 Å². The normalized spacial score (nSPS) is 10.7. The Kier molecular flexibility index (Phi) is 4.50. The molecule has 0 unspecified atom stereocenters. The number of pyridine rings is 1. The summed E-state index contributed by atoms with van der Waals surface area (Å²) in [4.78, 5) is 15.3. The predicted octanol–water partition coefficient (Wildman–Crippen LogP) is 2.67. The maximum absolute atomic E-state index is 4.64. The average molecular weight is 271 g/mol. The number of hydrogen-bond acceptors (Lipinski definition) is 5. The lowest BCUT2D eigenvalue weighted by molar-refractivity contribution is 0.764. The van der Waals surface area contributed by atoms with Gasteiger partial charge in [-0.1, -0.05) is 13.8 Å². The van der Waals surface area contributed by atoms with Crippen LogP contribution in [0.3, 0.4) is 0 Å².